The predicted molar refractivity (Wildman–Crippen MR) is 87.5 cm³/mol. The topological polar surface area (TPSA) is 26.0 Å². The average Bonchev–Trinajstić information content (AvgIpc) is 2.96. The molecule has 0 radical (unpaired) electrons. The van der Waals surface area contributed by atoms with Gasteiger partial charge in [-0.25, -0.2) is 0 Å². The minimum absolute atomic E-state index is 0.246. The summed E-state index contributed by atoms with van der Waals surface area (Å²) in [5, 5.41) is 2.23. The number of thiophene rings is 1. The van der Waals surface area contributed by atoms with E-state index in [4.69, 9.17) is 5.73 Å². The molecule has 1 heterocycles. The fourth-order valence-corrected chi connectivity index (χ4v) is 4.29. The van der Waals surface area contributed by atoms with E-state index in [-0.39, 0.29) is 6.04 Å². The molecule has 0 bridgehead atoms. The van der Waals surface area contributed by atoms with Crippen molar-refractivity contribution in [3.8, 4) is 0 Å². The molecule has 0 fully saturated rings. The summed E-state index contributed by atoms with van der Waals surface area (Å²) in [5.74, 6) is 0.552. The lowest BCUT2D eigenvalue weighted by Gasteiger charge is -2.28. The number of nitrogens with two attached hydrogens (primary N) is 1. The van der Waals surface area contributed by atoms with Crippen molar-refractivity contribution in [2.75, 3.05) is 0 Å². The van der Waals surface area contributed by atoms with Gasteiger partial charge in [0.2, 0.25) is 0 Å². The molecule has 2 aromatic rings. The monoisotopic (exact) mass is 285 g/mol. The van der Waals surface area contributed by atoms with Gasteiger partial charge >= 0.3 is 0 Å². The normalized spacial score (nSPS) is 19.6. The summed E-state index contributed by atoms with van der Waals surface area (Å²) in [6, 6.07) is 11.5. The van der Waals surface area contributed by atoms with Crippen molar-refractivity contribution >= 4 is 11.3 Å². The van der Waals surface area contributed by atoms with E-state index in [1.165, 1.54) is 36.0 Å². The molecule has 2 unspecified atom stereocenters. The molecule has 1 aromatic carbocycles. The second-order valence-corrected chi connectivity index (χ2v) is 6.84. The van der Waals surface area contributed by atoms with E-state index in [0.717, 1.165) is 12.8 Å². The molecule has 106 valence electrons. The van der Waals surface area contributed by atoms with Gasteiger partial charge in [-0.2, -0.15) is 0 Å². The van der Waals surface area contributed by atoms with Gasteiger partial charge in [0.25, 0.3) is 0 Å². The minimum Gasteiger partial charge on any atom is -0.327 e. The Bertz CT molecular complexity index is 555. The molecule has 1 aromatic heterocycles. The van der Waals surface area contributed by atoms with Crippen molar-refractivity contribution in [3.63, 3.8) is 0 Å². The quantitative estimate of drug-likeness (QED) is 0.890. The Morgan fingerprint density at radius 3 is 2.70 bits per heavy atom. The first-order valence-electron chi connectivity index (χ1n) is 7.67. The zero-order chi connectivity index (χ0) is 13.9. The zero-order valence-corrected chi connectivity index (χ0v) is 13.0. The Morgan fingerprint density at radius 1 is 1.20 bits per heavy atom. The van der Waals surface area contributed by atoms with E-state index in [1.54, 1.807) is 4.88 Å². The van der Waals surface area contributed by atoms with Gasteiger partial charge in [0.15, 0.2) is 0 Å². The van der Waals surface area contributed by atoms with Crippen molar-refractivity contribution < 1.29 is 0 Å². The number of aryl methyl sites for hydroxylation is 2. The first kappa shape index (κ1) is 13.8. The molecule has 0 saturated heterocycles. The van der Waals surface area contributed by atoms with Crippen LogP contribution in [-0.4, -0.2) is 6.04 Å². The van der Waals surface area contributed by atoms with Gasteiger partial charge in [0.1, 0.15) is 0 Å². The van der Waals surface area contributed by atoms with Gasteiger partial charge in [0, 0.05) is 16.8 Å². The number of rotatable bonds is 4. The van der Waals surface area contributed by atoms with Crippen LogP contribution in [0, 0.1) is 0 Å². The van der Waals surface area contributed by atoms with Gasteiger partial charge in [-0.15, -0.1) is 11.3 Å². The largest absolute Gasteiger partial charge is 0.327 e. The lowest BCUT2D eigenvalue weighted by molar-refractivity contribution is 0.464. The van der Waals surface area contributed by atoms with Gasteiger partial charge in [0.05, 0.1) is 0 Å². The summed E-state index contributed by atoms with van der Waals surface area (Å²) < 4.78 is 0. The summed E-state index contributed by atoms with van der Waals surface area (Å²) in [7, 11) is 0. The summed E-state index contributed by atoms with van der Waals surface area (Å²) in [4.78, 5) is 1.57. The molecule has 0 amide bonds. The van der Waals surface area contributed by atoms with Crippen LogP contribution in [0.5, 0.6) is 0 Å². The summed E-state index contributed by atoms with van der Waals surface area (Å²) >= 11 is 1.90. The number of benzene rings is 1. The smallest absolute Gasteiger partial charge is 0.0149 e. The minimum atomic E-state index is 0.246. The highest BCUT2D eigenvalue weighted by Gasteiger charge is 2.26. The second kappa shape index (κ2) is 6.11. The highest BCUT2D eigenvalue weighted by molar-refractivity contribution is 7.10. The molecule has 0 aliphatic heterocycles. The van der Waals surface area contributed by atoms with Gasteiger partial charge in [-0.3, -0.25) is 0 Å². The maximum atomic E-state index is 6.53. The number of fused-ring (bicyclic) bond motifs is 1. The SMILES string of the molecule is CCc1ccc(CC(N)C2CCCc3sccc32)cc1. The van der Waals surface area contributed by atoms with Crippen molar-refractivity contribution in [1.29, 1.82) is 0 Å². The lowest BCUT2D eigenvalue weighted by atomic mass is 9.81. The molecule has 0 spiro atoms. The van der Waals surface area contributed by atoms with Crippen LogP contribution in [-0.2, 0) is 19.3 Å². The Kier molecular flexibility index (Phi) is 4.23. The predicted octanol–water partition coefficient (Wildman–Crippen LogP) is 4.30. The standard InChI is InChI=1S/C18H23NS/c1-2-13-6-8-14(9-7-13)12-17(19)15-4-3-5-18-16(15)10-11-20-18/h6-11,15,17H,2-5,12,19H2,1H3. The van der Waals surface area contributed by atoms with Gasteiger partial charge in [-0.05, 0) is 60.2 Å². The third-order valence-corrected chi connectivity index (χ3v) is 5.51. The molecule has 2 heteroatoms. The van der Waals surface area contributed by atoms with Gasteiger partial charge < -0.3 is 5.73 Å². The highest BCUT2D eigenvalue weighted by atomic mass is 32.1. The molecule has 20 heavy (non-hydrogen) atoms. The molecule has 1 aliphatic rings. The van der Waals surface area contributed by atoms with Crippen molar-refractivity contribution in [2.45, 2.75) is 51.0 Å². The maximum Gasteiger partial charge on any atom is 0.0149 e. The van der Waals surface area contributed by atoms with E-state index >= 15 is 0 Å². The van der Waals surface area contributed by atoms with Crippen LogP contribution in [0.25, 0.3) is 0 Å². The lowest BCUT2D eigenvalue weighted by Crippen LogP contribution is -2.32. The first-order valence-corrected chi connectivity index (χ1v) is 8.55. The molecule has 0 saturated carbocycles. The maximum absolute atomic E-state index is 6.53. The van der Waals surface area contributed by atoms with Crippen LogP contribution >= 0.6 is 11.3 Å². The van der Waals surface area contributed by atoms with E-state index in [2.05, 4.69) is 42.6 Å². The second-order valence-electron chi connectivity index (χ2n) is 5.84. The molecule has 2 N–H and O–H groups in total. The van der Waals surface area contributed by atoms with Crippen LogP contribution in [0.3, 0.4) is 0 Å². The van der Waals surface area contributed by atoms with Crippen LogP contribution in [0.4, 0.5) is 0 Å². The van der Waals surface area contributed by atoms with Crippen LogP contribution in [0.2, 0.25) is 0 Å². The van der Waals surface area contributed by atoms with E-state index in [0.29, 0.717) is 5.92 Å². The number of hydrogen-bond acceptors (Lipinski definition) is 2. The van der Waals surface area contributed by atoms with Crippen LogP contribution in [0.1, 0.15) is 47.3 Å². The molecule has 1 aliphatic carbocycles. The van der Waals surface area contributed by atoms with E-state index in [9.17, 15) is 0 Å². The fourth-order valence-electron chi connectivity index (χ4n) is 3.29. The summed E-state index contributed by atoms with van der Waals surface area (Å²) in [6.07, 6.45) is 5.89. The van der Waals surface area contributed by atoms with Crippen molar-refractivity contribution in [1.82, 2.24) is 0 Å². The summed E-state index contributed by atoms with van der Waals surface area (Å²) in [5.41, 5.74) is 10.8. The Hall–Kier alpha value is -1.12. The average molecular weight is 285 g/mol. The fraction of sp³-hybridized carbons (Fsp3) is 0.444. The third-order valence-electron chi connectivity index (χ3n) is 4.52. The van der Waals surface area contributed by atoms with E-state index < -0.39 is 0 Å². The Labute approximate surface area is 125 Å². The molecular formula is C18H23NS. The molecule has 2 atom stereocenters. The van der Waals surface area contributed by atoms with Gasteiger partial charge in [-0.1, -0.05) is 31.2 Å². The highest BCUT2D eigenvalue weighted by Crippen LogP contribution is 2.37. The molecule has 1 nitrogen and oxygen atoms in total. The Balaban J connectivity index is 1.72. The Morgan fingerprint density at radius 2 is 1.95 bits per heavy atom. The van der Waals surface area contributed by atoms with E-state index in [1.807, 2.05) is 11.3 Å². The number of hydrogen-bond donors (Lipinski definition) is 1. The third kappa shape index (κ3) is 2.82. The van der Waals surface area contributed by atoms with Crippen molar-refractivity contribution in [3.05, 3.63) is 57.3 Å². The molecular weight excluding hydrogens is 262 g/mol. The van der Waals surface area contributed by atoms with Crippen LogP contribution < -0.4 is 5.73 Å². The first-order chi connectivity index (χ1) is 9.78. The van der Waals surface area contributed by atoms with Crippen molar-refractivity contribution in [2.24, 2.45) is 5.73 Å². The summed E-state index contributed by atoms with van der Waals surface area (Å²) in [6.45, 7) is 2.20. The molecule has 3 rings (SSSR count). The zero-order valence-electron chi connectivity index (χ0n) is 12.1. The van der Waals surface area contributed by atoms with Crippen LogP contribution in [0.15, 0.2) is 35.7 Å².